The summed E-state index contributed by atoms with van der Waals surface area (Å²) in [5.74, 6) is 0.101. The molecule has 1 aromatic heterocycles. The summed E-state index contributed by atoms with van der Waals surface area (Å²) in [6.45, 7) is 3.60. The fourth-order valence-electron chi connectivity index (χ4n) is 2.30. The van der Waals surface area contributed by atoms with Gasteiger partial charge in [-0.1, -0.05) is 0 Å². The van der Waals surface area contributed by atoms with Crippen LogP contribution in [0.3, 0.4) is 0 Å². The Balaban J connectivity index is 0.000000200. The van der Waals surface area contributed by atoms with Gasteiger partial charge in [-0.25, -0.2) is 13.2 Å². The fourth-order valence-corrected chi connectivity index (χ4v) is 3.41. The Morgan fingerprint density at radius 1 is 0.857 bits per heavy atom. The number of phenols is 1. The summed E-state index contributed by atoms with van der Waals surface area (Å²) in [5, 5.41) is 10.1. The minimum atomic E-state index is -4.26. The van der Waals surface area contributed by atoms with Gasteiger partial charge in [0.1, 0.15) is 11.3 Å². The van der Waals surface area contributed by atoms with Crippen molar-refractivity contribution in [3.63, 3.8) is 0 Å². The molecule has 0 aliphatic rings. The molecule has 0 saturated carbocycles. The van der Waals surface area contributed by atoms with Crippen molar-refractivity contribution in [3.8, 4) is 5.75 Å². The molecule has 0 spiro atoms. The predicted octanol–water partition coefficient (Wildman–Crippen LogP) is 2.45. The molecule has 2 aromatic carbocycles. The topological polar surface area (TPSA) is 139 Å². The largest absolute Gasteiger partial charge is 0.508 e. The smallest absolute Gasteiger partial charge is 0.339 e. The molecule has 3 rings (SSSR count). The molecule has 0 radical (unpaired) electrons. The average Bonchev–Trinajstić information content (AvgIpc) is 2.59. The number of phenolic OH excluding ortho intramolecular Hbond substituents is 1. The van der Waals surface area contributed by atoms with Crippen molar-refractivity contribution in [2.75, 3.05) is 6.26 Å². The van der Waals surface area contributed by atoms with Gasteiger partial charge in [0.05, 0.1) is 9.79 Å². The van der Waals surface area contributed by atoms with E-state index >= 15 is 0 Å². The highest BCUT2D eigenvalue weighted by Gasteiger charge is 2.12. The SMILES string of the molecule is CS(=O)(=O)c1ccc(S(=O)(=O)O)cc1.Cc1c(C)c2ccc(O)cc2oc1=O. The molecule has 0 unspecified atom stereocenters. The normalized spacial score (nSPS) is 11.7. The van der Waals surface area contributed by atoms with Crippen molar-refractivity contribution >= 4 is 30.9 Å². The molecule has 0 fully saturated rings. The van der Waals surface area contributed by atoms with Crippen LogP contribution < -0.4 is 5.63 Å². The lowest BCUT2D eigenvalue weighted by molar-refractivity contribution is 0.472. The van der Waals surface area contributed by atoms with Crippen LogP contribution in [0.5, 0.6) is 5.75 Å². The first-order chi connectivity index (χ1) is 12.8. The maximum Gasteiger partial charge on any atom is 0.339 e. The minimum Gasteiger partial charge on any atom is -0.508 e. The van der Waals surface area contributed by atoms with Gasteiger partial charge in [0.15, 0.2) is 9.84 Å². The lowest BCUT2D eigenvalue weighted by Crippen LogP contribution is -2.05. The number of hydrogen-bond acceptors (Lipinski definition) is 7. The molecule has 0 bridgehead atoms. The molecule has 28 heavy (non-hydrogen) atoms. The summed E-state index contributed by atoms with van der Waals surface area (Å²) < 4.78 is 56.8. The van der Waals surface area contributed by atoms with Gasteiger partial charge in [-0.3, -0.25) is 4.55 Å². The number of aryl methyl sites for hydroxylation is 1. The van der Waals surface area contributed by atoms with E-state index in [9.17, 15) is 26.7 Å². The molecule has 2 N–H and O–H groups in total. The second-order valence-electron chi connectivity index (χ2n) is 6.04. The summed E-state index contributed by atoms with van der Waals surface area (Å²) in [6.07, 6.45) is 1.01. The molecule has 150 valence electrons. The van der Waals surface area contributed by atoms with Crippen molar-refractivity contribution < 1.29 is 30.9 Å². The Morgan fingerprint density at radius 2 is 1.39 bits per heavy atom. The van der Waals surface area contributed by atoms with E-state index in [4.69, 9.17) is 8.97 Å². The van der Waals surface area contributed by atoms with Crippen molar-refractivity contribution in [3.05, 3.63) is 64.0 Å². The Labute approximate surface area is 161 Å². The first kappa shape index (κ1) is 21.6. The summed E-state index contributed by atoms with van der Waals surface area (Å²) in [6, 6.07) is 9.09. The minimum absolute atomic E-state index is 0.00454. The monoisotopic (exact) mass is 426 g/mol. The van der Waals surface area contributed by atoms with E-state index in [-0.39, 0.29) is 21.2 Å². The first-order valence-electron chi connectivity index (χ1n) is 7.81. The van der Waals surface area contributed by atoms with E-state index in [1.165, 1.54) is 6.07 Å². The van der Waals surface area contributed by atoms with E-state index < -0.39 is 20.0 Å². The molecule has 8 nitrogen and oxygen atoms in total. The summed E-state index contributed by atoms with van der Waals surface area (Å²) in [7, 11) is -7.60. The van der Waals surface area contributed by atoms with Crippen LogP contribution in [-0.2, 0) is 20.0 Å². The summed E-state index contributed by atoms with van der Waals surface area (Å²) in [4.78, 5) is 11.0. The van der Waals surface area contributed by atoms with E-state index in [1.807, 2.05) is 6.92 Å². The van der Waals surface area contributed by atoms with E-state index in [2.05, 4.69) is 0 Å². The van der Waals surface area contributed by atoms with E-state index in [1.54, 1.807) is 19.1 Å². The van der Waals surface area contributed by atoms with Crippen LogP contribution in [-0.4, -0.2) is 32.8 Å². The molecular formula is C18H18O8S2. The predicted molar refractivity (Wildman–Crippen MR) is 103 cm³/mol. The second kappa shape index (κ2) is 7.74. The number of hydrogen-bond donors (Lipinski definition) is 2. The van der Waals surface area contributed by atoms with Crippen molar-refractivity contribution in [1.82, 2.24) is 0 Å². The zero-order valence-electron chi connectivity index (χ0n) is 15.2. The van der Waals surface area contributed by atoms with Gasteiger partial charge >= 0.3 is 5.63 Å². The molecule has 0 amide bonds. The number of sulfone groups is 1. The molecule has 3 aromatic rings. The quantitative estimate of drug-likeness (QED) is 0.470. The van der Waals surface area contributed by atoms with E-state index in [0.717, 1.165) is 41.5 Å². The van der Waals surface area contributed by atoms with Crippen molar-refractivity contribution in [1.29, 1.82) is 0 Å². The number of fused-ring (bicyclic) bond motifs is 1. The molecule has 0 saturated heterocycles. The maximum absolute atomic E-state index is 11.3. The molecule has 1 heterocycles. The Bertz CT molecular complexity index is 1230. The average molecular weight is 426 g/mol. The third kappa shape index (κ3) is 4.97. The van der Waals surface area contributed by atoms with Crippen molar-refractivity contribution in [2.45, 2.75) is 23.6 Å². The fraction of sp³-hybridized carbons (Fsp3) is 0.167. The zero-order valence-corrected chi connectivity index (χ0v) is 16.8. The summed E-state index contributed by atoms with van der Waals surface area (Å²) in [5.41, 5.74) is 1.60. The van der Waals surface area contributed by atoms with Gasteiger partial charge in [-0.15, -0.1) is 0 Å². The van der Waals surface area contributed by atoms with Crippen LogP contribution in [0.1, 0.15) is 11.1 Å². The van der Waals surface area contributed by atoms with Gasteiger partial charge in [0.2, 0.25) is 0 Å². The molecular weight excluding hydrogens is 408 g/mol. The molecule has 0 aliphatic heterocycles. The Morgan fingerprint density at radius 3 is 1.89 bits per heavy atom. The van der Waals surface area contributed by atoms with Crippen LogP contribution in [0, 0.1) is 13.8 Å². The lowest BCUT2D eigenvalue weighted by atomic mass is 10.1. The van der Waals surface area contributed by atoms with Gasteiger partial charge in [-0.2, -0.15) is 8.42 Å². The zero-order chi connectivity index (χ0) is 21.3. The highest BCUT2D eigenvalue weighted by atomic mass is 32.2. The van der Waals surface area contributed by atoms with Crippen LogP contribution in [0.4, 0.5) is 0 Å². The van der Waals surface area contributed by atoms with Gasteiger partial charge < -0.3 is 9.52 Å². The number of rotatable bonds is 2. The van der Waals surface area contributed by atoms with Crippen molar-refractivity contribution in [2.24, 2.45) is 0 Å². The highest BCUT2D eigenvalue weighted by Crippen LogP contribution is 2.22. The standard InChI is InChI=1S/C11H10O3.C7H8O5S2/c1-6-7(2)11(13)14-10-5-8(12)3-4-9(6)10;1-13(8,9)6-2-4-7(5-3-6)14(10,11)12/h3-5,12H,1-2H3;2-5H,1H3,(H,10,11,12). The van der Waals surface area contributed by atoms with Gasteiger partial charge in [0.25, 0.3) is 10.1 Å². The number of aromatic hydroxyl groups is 1. The summed E-state index contributed by atoms with van der Waals surface area (Å²) >= 11 is 0. The van der Waals surface area contributed by atoms with Crippen LogP contribution in [0.15, 0.2) is 61.5 Å². The Hall–Kier alpha value is -2.69. The molecule has 0 aliphatic carbocycles. The van der Waals surface area contributed by atoms with E-state index in [0.29, 0.717) is 11.1 Å². The van der Waals surface area contributed by atoms with Crippen LogP contribution in [0.2, 0.25) is 0 Å². The molecule has 0 atom stereocenters. The number of benzene rings is 2. The van der Waals surface area contributed by atoms with Gasteiger partial charge in [0, 0.05) is 23.3 Å². The first-order valence-corrected chi connectivity index (χ1v) is 11.1. The molecule has 10 heteroatoms. The van der Waals surface area contributed by atoms with Crippen LogP contribution >= 0.6 is 0 Å². The highest BCUT2D eigenvalue weighted by molar-refractivity contribution is 7.90. The lowest BCUT2D eigenvalue weighted by Gasteiger charge is -2.03. The maximum atomic E-state index is 11.3. The van der Waals surface area contributed by atoms with Gasteiger partial charge in [-0.05, 0) is 55.8 Å². The second-order valence-corrected chi connectivity index (χ2v) is 9.48. The van der Waals surface area contributed by atoms with Crippen LogP contribution in [0.25, 0.3) is 11.0 Å². The Kier molecular flexibility index (Phi) is 5.97. The third-order valence-corrected chi connectivity index (χ3v) is 5.99. The third-order valence-electron chi connectivity index (χ3n) is 3.99.